The molecule has 0 spiro atoms. The van der Waals surface area contributed by atoms with Gasteiger partial charge in [-0.2, -0.15) is 0 Å². The van der Waals surface area contributed by atoms with Gasteiger partial charge >= 0.3 is 0 Å². The predicted molar refractivity (Wildman–Crippen MR) is 91.2 cm³/mol. The molecule has 0 saturated heterocycles. The Morgan fingerprint density at radius 3 is 2.57 bits per heavy atom. The van der Waals surface area contributed by atoms with E-state index in [4.69, 9.17) is 9.52 Å². The normalized spacial score (nSPS) is 11.0. The summed E-state index contributed by atoms with van der Waals surface area (Å²) in [6, 6.07) is 9.98. The maximum Gasteiger partial charge on any atom is 0.135 e. The highest BCUT2D eigenvalue weighted by atomic mass is 79.9. The molecule has 0 bridgehead atoms. The molecule has 6 heteroatoms. The minimum Gasteiger partial charge on any atom is -0.460 e. The number of nitrogens with one attached hydrogen (secondary N) is 2. The molecule has 1 heterocycles. The van der Waals surface area contributed by atoms with Crippen LogP contribution < -0.4 is 10.6 Å². The SMILES string of the molecule is OCCNCCNCc1ccc(-c2ccc(Br)cc2Br)o1. The van der Waals surface area contributed by atoms with Crippen molar-refractivity contribution in [3.05, 3.63) is 45.0 Å². The molecule has 0 radical (unpaired) electrons. The van der Waals surface area contributed by atoms with Crippen molar-refractivity contribution < 1.29 is 9.52 Å². The number of furan rings is 1. The predicted octanol–water partition coefficient (Wildman–Crippen LogP) is 3.14. The average Bonchev–Trinajstić information content (AvgIpc) is 2.91. The van der Waals surface area contributed by atoms with Gasteiger partial charge < -0.3 is 20.2 Å². The highest BCUT2D eigenvalue weighted by Crippen LogP contribution is 2.31. The second kappa shape index (κ2) is 8.70. The summed E-state index contributed by atoms with van der Waals surface area (Å²) >= 11 is 6.99. The summed E-state index contributed by atoms with van der Waals surface area (Å²) in [6.45, 7) is 3.15. The second-order valence-electron chi connectivity index (χ2n) is 4.54. The fourth-order valence-corrected chi connectivity index (χ4v) is 3.14. The molecule has 0 aliphatic heterocycles. The number of hydrogen-bond acceptors (Lipinski definition) is 4. The molecule has 1 aromatic carbocycles. The van der Waals surface area contributed by atoms with Crippen molar-refractivity contribution in [2.75, 3.05) is 26.2 Å². The lowest BCUT2D eigenvalue weighted by Gasteiger charge is -2.04. The van der Waals surface area contributed by atoms with Crippen molar-refractivity contribution in [2.24, 2.45) is 0 Å². The molecule has 21 heavy (non-hydrogen) atoms. The molecule has 3 N–H and O–H groups in total. The van der Waals surface area contributed by atoms with Crippen molar-refractivity contribution in [1.82, 2.24) is 10.6 Å². The van der Waals surface area contributed by atoms with Gasteiger partial charge in [-0.1, -0.05) is 15.9 Å². The molecule has 0 saturated carbocycles. The zero-order valence-corrected chi connectivity index (χ0v) is 14.7. The zero-order valence-electron chi connectivity index (χ0n) is 11.5. The van der Waals surface area contributed by atoms with Gasteiger partial charge in [-0.15, -0.1) is 0 Å². The zero-order chi connectivity index (χ0) is 15.1. The highest BCUT2D eigenvalue weighted by Gasteiger charge is 2.08. The fourth-order valence-electron chi connectivity index (χ4n) is 1.90. The Morgan fingerprint density at radius 1 is 1.00 bits per heavy atom. The van der Waals surface area contributed by atoms with Gasteiger partial charge in [0, 0.05) is 34.1 Å². The average molecular weight is 418 g/mol. The summed E-state index contributed by atoms with van der Waals surface area (Å²) < 4.78 is 7.88. The highest BCUT2D eigenvalue weighted by molar-refractivity contribution is 9.11. The first-order valence-electron chi connectivity index (χ1n) is 6.77. The van der Waals surface area contributed by atoms with E-state index in [1.54, 1.807) is 0 Å². The van der Waals surface area contributed by atoms with Gasteiger partial charge in [0.15, 0.2) is 0 Å². The first kappa shape index (κ1) is 16.7. The van der Waals surface area contributed by atoms with Gasteiger partial charge in [0.25, 0.3) is 0 Å². The van der Waals surface area contributed by atoms with Crippen LogP contribution >= 0.6 is 31.9 Å². The van der Waals surface area contributed by atoms with Crippen LogP contribution in [0.3, 0.4) is 0 Å². The van der Waals surface area contributed by atoms with Crippen molar-refractivity contribution in [3.8, 4) is 11.3 Å². The molecule has 0 aliphatic carbocycles. The Kier molecular flexibility index (Phi) is 6.92. The quantitative estimate of drug-likeness (QED) is 0.577. The fraction of sp³-hybridized carbons (Fsp3) is 0.333. The lowest BCUT2D eigenvalue weighted by Crippen LogP contribution is -2.28. The molecule has 2 aromatic rings. The monoisotopic (exact) mass is 416 g/mol. The Balaban J connectivity index is 1.86. The van der Waals surface area contributed by atoms with Crippen molar-refractivity contribution >= 4 is 31.9 Å². The lowest BCUT2D eigenvalue weighted by molar-refractivity contribution is 0.292. The van der Waals surface area contributed by atoms with Crippen LogP contribution in [0.15, 0.2) is 43.7 Å². The third kappa shape index (κ3) is 5.23. The van der Waals surface area contributed by atoms with E-state index < -0.39 is 0 Å². The van der Waals surface area contributed by atoms with E-state index in [0.29, 0.717) is 13.1 Å². The minimum absolute atomic E-state index is 0.170. The number of rotatable bonds is 8. The summed E-state index contributed by atoms with van der Waals surface area (Å²) in [5.74, 6) is 1.76. The van der Waals surface area contributed by atoms with E-state index >= 15 is 0 Å². The molecule has 2 rings (SSSR count). The van der Waals surface area contributed by atoms with Gasteiger partial charge in [0.2, 0.25) is 0 Å². The van der Waals surface area contributed by atoms with Crippen molar-refractivity contribution in [2.45, 2.75) is 6.54 Å². The van der Waals surface area contributed by atoms with Crippen molar-refractivity contribution in [3.63, 3.8) is 0 Å². The van der Waals surface area contributed by atoms with Crippen LogP contribution in [0, 0.1) is 0 Å². The summed E-state index contributed by atoms with van der Waals surface area (Å²) in [4.78, 5) is 0. The summed E-state index contributed by atoms with van der Waals surface area (Å²) in [5, 5.41) is 15.0. The van der Waals surface area contributed by atoms with Crippen LogP contribution in [0.5, 0.6) is 0 Å². The van der Waals surface area contributed by atoms with Crippen LogP contribution in [0.25, 0.3) is 11.3 Å². The van der Waals surface area contributed by atoms with Crippen LogP contribution in [-0.2, 0) is 6.54 Å². The van der Waals surface area contributed by atoms with E-state index in [0.717, 1.165) is 39.1 Å². The van der Waals surface area contributed by atoms with Crippen LogP contribution in [0.1, 0.15) is 5.76 Å². The molecule has 0 fully saturated rings. The van der Waals surface area contributed by atoms with E-state index in [1.807, 2.05) is 30.3 Å². The van der Waals surface area contributed by atoms with E-state index in [9.17, 15) is 0 Å². The molecular formula is C15H18Br2N2O2. The first-order valence-corrected chi connectivity index (χ1v) is 8.35. The summed E-state index contributed by atoms with van der Waals surface area (Å²) in [6.07, 6.45) is 0. The third-order valence-corrected chi connectivity index (χ3v) is 4.07. The molecule has 0 atom stereocenters. The number of halogens is 2. The molecule has 114 valence electrons. The van der Waals surface area contributed by atoms with Crippen LogP contribution in [0.2, 0.25) is 0 Å². The number of aliphatic hydroxyl groups excluding tert-OH is 1. The minimum atomic E-state index is 0.170. The topological polar surface area (TPSA) is 57.4 Å². The Morgan fingerprint density at radius 2 is 1.81 bits per heavy atom. The largest absolute Gasteiger partial charge is 0.460 e. The van der Waals surface area contributed by atoms with Crippen molar-refractivity contribution in [1.29, 1.82) is 0 Å². The van der Waals surface area contributed by atoms with E-state index in [1.165, 1.54) is 0 Å². The molecular weight excluding hydrogens is 400 g/mol. The molecule has 0 amide bonds. The Labute approximate surface area is 141 Å². The molecule has 0 unspecified atom stereocenters. The first-order chi connectivity index (χ1) is 10.2. The summed E-state index contributed by atoms with van der Waals surface area (Å²) in [5.41, 5.74) is 1.04. The smallest absolute Gasteiger partial charge is 0.135 e. The van der Waals surface area contributed by atoms with Gasteiger partial charge in [-0.3, -0.25) is 0 Å². The second-order valence-corrected chi connectivity index (χ2v) is 6.31. The number of hydrogen-bond donors (Lipinski definition) is 3. The van der Waals surface area contributed by atoms with Gasteiger partial charge in [-0.05, 0) is 46.3 Å². The Hall–Kier alpha value is -0.660. The Bertz CT molecular complexity index is 573. The van der Waals surface area contributed by atoms with Crippen LogP contribution in [0.4, 0.5) is 0 Å². The van der Waals surface area contributed by atoms with Gasteiger partial charge in [0.1, 0.15) is 11.5 Å². The van der Waals surface area contributed by atoms with Gasteiger partial charge in [-0.25, -0.2) is 0 Å². The van der Waals surface area contributed by atoms with Crippen LogP contribution in [-0.4, -0.2) is 31.3 Å². The third-order valence-electron chi connectivity index (χ3n) is 2.92. The molecule has 1 aromatic heterocycles. The standard InChI is InChI=1S/C15H18Br2N2O2/c16-11-1-3-13(14(17)9-11)15-4-2-12(21-15)10-19-6-5-18-7-8-20/h1-4,9,18-20H,5-8,10H2. The maximum absolute atomic E-state index is 8.65. The van der Waals surface area contributed by atoms with E-state index in [-0.39, 0.29) is 6.61 Å². The summed E-state index contributed by atoms with van der Waals surface area (Å²) in [7, 11) is 0. The number of aliphatic hydroxyl groups is 1. The van der Waals surface area contributed by atoms with E-state index in [2.05, 4.69) is 42.5 Å². The molecule has 0 aliphatic rings. The van der Waals surface area contributed by atoms with Gasteiger partial charge in [0.05, 0.1) is 13.2 Å². The maximum atomic E-state index is 8.65. The number of benzene rings is 1. The molecule has 4 nitrogen and oxygen atoms in total. The lowest BCUT2D eigenvalue weighted by atomic mass is 10.2.